The molecule has 2 aromatic carbocycles. The Morgan fingerprint density at radius 1 is 1.05 bits per heavy atom. The summed E-state index contributed by atoms with van der Waals surface area (Å²) in [6.07, 6.45) is 5.79. The number of carbonyl (C=O) groups excluding carboxylic acids is 3. The van der Waals surface area contributed by atoms with Crippen molar-refractivity contribution in [3.8, 4) is 5.75 Å². The van der Waals surface area contributed by atoms with Crippen molar-refractivity contribution in [1.29, 1.82) is 0 Å². The van der Waals surface area contributed by atoms with E-state index in [4.69, 9.17) is 9.47 Å². The van der Waals surface area contributed by atoms with E-state index < -0.39 is 29.7 Å². The van der Waals surface area contributed by atoms with Crippen LogP contribution in [0.25, 0.3) is 6.08 Å². The van der Waals surface area contributed by atoms with Crippen LogP contribution >= 0.6 is 12.6 Å². The Balaban J connectivity index is 2.49. The number of hydrogen-bond acceptors (Lipinski definition) is 6. The molecule has 0 bridgehead atoms. The van der Waals surface area contributed by atoms with Crippen molar-refractivity contribution in [1.82, 2.24) is 10.2 Å². The highest BCUT2D eigenvalue weighted by atomic mass is 32.1. The number of rotatable bonds is 15. The summed E-state index contributed by atoms with van der Waals surface area (Å²) in [5.74, 6) is -0.107. The summed E-state index contributed by atoms with van der Waals surface area (Å²) in [5, 5.41) is 5.61. The maximum atomic E-state index is 14.1. The summed E-state index contributed by atoms with van der Waals surface area (Å²) >= 11 is 4.37. The minimum absolute atomic E-state index is 0.0317. The van der Waals surface area contributed by atoms with Gasteiger partial charge in [-0.05, 0) is 68.7 Å². The zero-order chi connectivity index (χ0) is 30.4. The Morgan fingerprint density at radius 3 is 2.32 bits per heavy atom. The summed E-state index contributed by atoms with van der Waals surface area (Å²) in [5.41, 5.74) is 1.27. The molecule has 0 aliphatic heterocycles. The highest BCUT2D eigenvalue weighted by molar-refractivity contribution is 7.80. The zero-order valence-corrected chi connectivity index (χ0v) is 25.8. The van der Waals surface area contributed by atoms with Crippen LogP contribution < -0.4 is 15.4 Å². The molecule has 0 aromatic heterocycles. The maximum Gasteiger partial charge on any atom is 0.408 e. The van der Waals surface area contributed by atoms with E-state index in [-0.39, 0.29) is 11.7 Å². The molecule has 3 amide bonds. The van der Waals surface area contributed by atoms with E-state index in [9.17, 15) is 14.4 Å². The third-order valence-corrected chi connectivity index (χ3v) is 6.70. The number of ether oxygens (including phenoxy) is 2. The Morgan fingerprint density at radius 2 is 1.73 bits per heavy atom. The second-order valence-electron chi connectivity index (χ2n) is 10.8. The number of amides is 3. The molecule has 2 N–H and O–H groups in total. The molecule has 9 heteroatoms. The predicted molar refractivity (Wildman–Crippen MR) is 168 cm³/mol. The summed E-state index contributed by atoms with van der Waals surface area (Å²) < 4.78 is 10.6. The molecular weight excluding hydrogens is 538 g/mol. The second-order valence-corrected chi connectivity index (χ2v) is 11.2. The van der Waals surface area contributed by atoms with E-state index in [1.54, 1.807) is 63.1 Å². The third kappa shape index (κ3) is 11.1. The zero-order valence-electron chi connectivity index (χ0n) is 24.9. The Labute approximate surface area is 250 Å². The molecule has 2 rings (SSSR count). The van der Waals surface area contributed by atoms with Crippen LogP contribution in [-0.2, 0) is 14.3 Å². The van der Waals surface area contributed by atoms with Crippen molar-refractivity contribution in [2.45, 2.75) is 77.5 Å². The molecule has 2 unspecified atom stereocenters. The summed E-state index contributed by atoms with van der Waals surface area (Å²) in [6.45, 7) is 11.6. The van der Waals surface area contributed by atoms with Crippen LogP contribution in [0, 0.1) is 0 Å². The number of methoxy groups -OCH3 is 1. The number of anilines is 1. The van der Waals surface area contributed by atoms with Gasteiger partial charge in [-0.2, -0.15) is 12.6 Å². The smallest absolute Gasteiger partial charge is 0.408 e. The molecule has 2 atom stereocenters. The van der Waals surface area contributed by atoms with Gasteiger partial charge in [-0.25, -0.2) is 4.79 Å². The number of benzene rings is 2. The van der Waals surface area contributed by atoms with Crippen molar-refractivity contribution < 1.29 is 23.9 Å². The van der Waals surface area contributed by atoms with Crippen LogP contribution in [0.15, 0.2) is 55.1 Å². The van der Waals surface area contributed by atoms with Gasteiger partial charge in [0.05, 0.1) is 7.11 Å². The lowest BCUT2D eigenvalue weighted by Gasteiger charge is -2.34. The van der Waals surface area contributed by atoms with Crippen LogP contribution in [-0.4, -0.2) is 53.9 Å². The van der Waals surface area contributed by atoms with Gasteiger partial charge in [-0.1, -0.05) is 63.5 Å². The van der Waals surface area contributed by atoms with Crippen molar-refractivity contribution in [3.05, 3.63) is 66.2 Å². The molecule has 224 valence electrons. The van der Waals surface area contributed by atoms with Crippen LogP contribution in [0.2, 0.25) is 0 Å². The highest BCUT2D eigenvalue weighted by Gasteiger charge is 2.36. The van der Waals surface area contributed by atoms with E-state index in [2.05, 4.69) is 36.8 Å². The number of nitrogens with one attached hydrogen (secondary N) is 2. The average molecular weight is 584 g/mol. The van der Waals surface area contributed by atoms with Crippen molar-refractivity contribution in [2.75, 3.05) is 24.7 Å². The molecule has 0 radical (unpaired) electrons. The Kier molecular flexibility index (Phi) is 13.8. The van der Waals surface area contributed by atoms with Gasteiger partial charge >= 0.3 is 6.09 Å². The number of carbonyl (C=O) groups is 3. The third-order valence-electron chi connectivity index (χ3n) is 6.34. The number of hydrogen-bond donors (Lipinski definition) is 3. The molecule has 41 heavy (non-hydrogen) atoms. The molecular formula is C32H45N3O5S. The van der Waals surface area contributed by atoms with E-state index in [0.29, 0.717) is 30.0 Å². The van der Waals surface area contributed by atoms with Gasteiger partial charge in [-0.15, -0.1) is 0 Å². The first-order chi connectivity index (χ1) is 19.5. The first-order valence-electron chi connectivity index (χ1n) is 14.1. The maximum absolute atomic E-state index is 14.1. The first-order valence-corrected chi connectivity index (χ1v) is 14.7. The molecule has 0 aliphatic carbocycles. The Bertz CT molecular complexity index is 1150. The van der Waals surface area contributed by atoms with E-state index in [1.165, 1.54) is 0 Å². The van der Waals surface area contributed by atoms with Crippen LogP contribution in [0.4, 0.5) is 10.5 Å². The first kappa shape index (κ1) is 33.7. The average Bonchev–Trinajstić information content (AvgIpc) is 2.94. The lowest BCUT2D eigenvalue weighted by atomic mass is 9.99. The topological polar surface area (TPSA) is 97.0 Å². The molecule has 2 aromatic rings. The SMILES string of the molecule is C=Cc1cccc(C(C(=O)Nc2ccc(OC)cc2)N(CCCCCCC)C(=O)C(CS)NC(=O)OC(C)(C)C)c1. The number of thiol groups is 1. The van der Waals surface area contributed by atoms with Gasteiger partial charge in [0.25, 0.3) is 5.91 Å². The van der Waals surface area contributed by atoms with E-state index in [0.717, 1.165) is 31.2 Å². The lowest BCUT2D eigenvalue weighted by molar-refractivity contribution is -0.140. The normalized spacial score (nSPS) is 12.5. The Hall–Kier alpha value is -3.46. The van der Waals surface area contributed by atoms with Crippen LogP contribution in [0.3, 0.4) is 0 Å². The second kappa shape index (κ2) is 16.7. The van der Waals surface area contributed by atoms with Gasteiger partial charge in [-0.3, -0.25) is 9.59 Å². The predicted octanol–water partition coefficient (Wildman–Crippen LogP) is 6.64. The highest BCUT2D eigenvalue weighted by Crippen LogP contribution is 2.27. The van der Waals surface area contributed by atoms with Crippen LogP contribution in [0.1, 0.15) is 77.0 Å². The van der Waals surface area contributed by atoms with Gasteiger partial charge in [0.2, 0.25) is 5.91 Å². The van der Waals surface area contributed by atoms with Gasteiger partial charge in [0.1, 0.15) is 23.4 Å². The molecule has 0 fully saturated rings. The fourth-order valence-electron chi connectivity index (χ4n) is 4.30. The number of nitrogens with zero attached hydrogens (tertiary/aromatic N) is 1. The fraction of sp³-hybridized carbons (Fsp3) is 0.469. The summed E-state index contributed by atoms with van der Waals surface area (Å²) in [7, 11) is 1.57. The quantitative estimate of drug-likeness (QED) is 0.161. The minimum Gasteiger partial charge on any atom is -0.497 e. The van der Waals surface area contributed by atoms with E-state index >= 15 is 0 Å². The summed E-state index contributed by atoms with van der Waals surface area (Å²) in [6, 6.07) is 12.4. The van der Waals surface area contributed by atoms with Gasteiger partial charge in [0, 0.05) is 18.0 Å². The molecule has 0 spiro atoms. The van der Waals surface area contributed by atoms with Crippen LogP contribution in [0.5, 0.6) is 5.75 Å². The molecule has 0 saturated carbocycles. The van der Waals surface area contributed by atoms with Crippen molar-refractivity contribution in [2.24, 2.45) is 0 Å². The molecule has 0 saturated heterocycles. The van der Waals surface area contributed by atoms with Crippen molar-refractivity contribution >= 4 is 42.3 Å². The standard InChI is InChI=1S/C32H45N3O5S/c1-7-9-10-11-12-20-35(30(37)27(22-41)34-31(38)40-32(3,4)5)28(24-15-13-14-23(8-2)21-24)29(36)33-25-16-18-26(39-6)19-17-25/h8,13-19,21,27-28,41H,2,7,9-12,20,22H2,1,3-6H3,(H,33,36)(H,34,38). The molecule has 0 heterocycles. The minimum atomic E-state index is -0.998. The monoisotopic (exact) mass is 583 g/mol. The molecule has 0 aliphatic rings. The van der Waals surface area contributed by atoms with E-state index in [1.807, 2.05) is 24.3 Å². The van der Waals surface area contributed by atoms with Crippen molar-refractivity contribution in [3.63, 3.8) is 0 Å². The molecule has 8 nitrogen and oxygen atoms in total. The largest absolute Gasteiger partial charge is 0.497 e. The number of unbranched alkanes of at least 4 members (excludes halogenated alkanes) is 4. The fourth-order valence-corrected chi connectivity index (χ4v) is 4.55. The summed E-state index contributed by atoms with van der Waals surface area (Å²) in [4.78, 5) is 42.2. The lowest BCUT2D eigenvalue weighted by Crippen LogP contribution is -2.53. The van der Waals surface area contributed by atoms with Gasteiger partial charge < -0.3 is 25.0 Å². The van der Waals surface area contributed by atoms with Gasteiger partial charge in [0.15, 0.2) is 0 Å². The number of alkyl carbamates (subject to hydrolysis) is 1.